The molecule has 18 heavy (non-hydrogen) atoms. The minimum atomic E-state index is -4.49. The maximum Gasteiger partial charge on any atom is 0.401 e. The Bertz CT molecular complexity index is 454. The number of hydrogen-bond donors (Lipinski definition) is 2. The molecule has 0 amide bonds. The van der Waals surface area contributed by atoms with Crippen LogP contribution in [-0.4, -0.2) is 28.8 Å². The molecule has 1 rings (SSSR count). The van der Waals surface area contributed by atoms with Crippen molar-refractivity contribution in [2.75, 3.05) is 6.54 Å². The molecule has 0 saturated heterocycles. The molecular weight excluding hydrogens is 385 g/mol. The molecule has 4 nitrogen and oxygen atoms in total. The Morgan fingerprint density at radius 2 is 2.11 bits per heavy atom. The zero-order chi connectivity index (χ0) is 13.9. The van der Waals surface area contributed by atoms with Gasteiger partial charge in [-0.2, -0.15) is 13.2 Å². The number of nitrogens with zero attached hydrogens (tertiary/aromatic N) is 1. The Hall–Kier alpha value is -0.670. The molecule has 0 saturated carbocycles. The highest BCUT2D eigenvalue weighted by molar-refractivity contribution is 9.11. The predicted molar refractivity (Wildman–Crippen MR) is 64.1 cm³/mol. The van der Waals surface area contributed by atoms with Gasteiger partial charge in [-0.25, -0.2) is 0 Å². The summed E-state index contributed by atoms with van der Waals surface area (Å²) < 4.78 is 37.1. The summed E-state index contributed by atoms with van der Waals surface area (Å²) in [6, 6.07) is -0.0258. The number of aromatic nitrogens is 1. The smallest absolute Gasteiger partial charge is 0.401 e. The van der Waals surface area contributed by atoms with E-state index in [9.17, 15) is 18.0 Å². The number of halogens is 5. The molecule has 0 fully saturated rings. The lowest BCUT2D eigenvalue weighted by atomic mass is 10.2. The third-order valence-electron chi connectivity index (χ3n) is 1.86. The highest BCUT2D eigenvalue weighted by Crippen LogP contribution is 2.25. The summed E-state index contributed by atoms with van der Waals surface area (Å²) in [5.41, 5.74) is -0.0186. The Kier molecular flexibility index (Phi) is 5.11. The number of alkyl halides is 3. The fraction of sp³-hybridized carbons (Fsp3) is 0.333. The number of carboxylic acids is 1. The second-order valence-electron chi connectivity index (χ2n) is 3.29. The van der Waals surface area contributed by atoms with E-state index in [0.29, 0.717) is 8.95 Å². The van der Waals surface area contributed by atoms with E-state index in [1.54, 1.807) is 0 Å². The van der Waals surface area contributed by atoms with Crippen LogP contribution in [0.4, 0.5) is 13.2 Å². The van der Waals surface area contributed by atoms with E-state index in [4.69, 9.17) is 5.11 Å². The molecule has 0 aliphatic heterocycles. The average Bonchev–Trinajstić information content (AvgIpc) is 2.18. The van der Waals surface area contributed by atoms with E-state index in [2.05, 4.69) is 36.8 Å². The zero-order valence-electron chi connectivity index (χ0n) is 8.63. The second-order valence-corrected chi connectivity index (χ2v) is 5.06. The van der Waals surface area contributed by atoms with E-state index in [-0.39, 0.29) is 5.69 Å². The predicted octanol–water partition coefficient (Wildman–Crippen LogP) is 2.88. The lowest BCUT2D eigenvalue weighted by Gasteiger charge is -2.16. The molecule has 0 aliphatic rings. The third-order valence-corrected chi connectivity index (χ3v) is 2.93. The highest BCUT2D eigenvalue weighted by atomic mass is 79.9. The van der Waals surface area contributed by atoms with Crippen molar-refractivity contribution in [2.45, 2.75) is 12.2 Å². The van der Waals surface area contributed by atoms with Gasteiger partial charge in [0, 0.05) is 15.1 Å². The van der Waals surface area contributed by atoms with Gasteiger partial charge in [0.1, 0.15) is 6.04 Å². The Balaban J connectivity index is 2.95. The van der Waals surface area contributed by atoms with Gasteiger partial charge in [0.2, 0.25) is 0 Å². The van der Waals surface area contributed by atoms with Crippen LogP contribution in [0.5, 0.6) is 0 Å². The van der Waals surface area contributed by atoms with E-state index in [1.165, 1.54) is 12.3 Å². The average molecular weight is 392 g/mol. The molecule has 1 unspecified atom stereocenters. The van der Waals surface area contributed by atoms with Crippen LogP contribution in [0.15, 0.2) is 21.2 Å². The monoisotopic (exact) mass is 390 g/mol. The van der Waals surface area contributed by atoms with Crippen molar-refractivity contribution in [3.05, 3.63) is 26.9 Å². The maximum absolute atomic E-state index is 12.1. The number of nitrogens with one attached hydrogen (secondary N) is 1. The molecule has 0 aliphatic carbocycles. The van der Waals surface area contributed by atoms with Crippen molar-refractivity contribution >= 4 is 37.8 Å². The lowest BCUT2D eigenvalue weighted by molar-refractivity contribution is -0.143. The first kappa shape index (κ1) is 15.4. The number of pyridine rings is 1. The lowest BCUT2D eigenvalue weighted by Crippen LogP contribution is -2.36. The van der Waals surface area contributed by atoms with E-state index in [1.807, 2.05) is 5.32 Å². The van der Waals surface area contributed by atoms with Crippen LogP contribution < -0.4 is 5.32 Å². The number of hydrogen-bond acceptors (Lipinski definition) is 3. The molecule has 1 heterocycles. The highest BCUT2D eigenvalue weighted by Gasteiger charge is 2.32. The SMILES string of the molecule is O=C(O)C(NCC(F)(F)F)c1ncc(Br)cc1Br. The van der Waals surface area contributed by atoms with Crippen molar-refractivity contribution in [1.82, 2.24) is 10.3 Å². The third kappa shape index (κ3) is 4.54. The minimum Gasteiger partial charge on any atom is -0.480 e. The number of aliphatic carboxylic acids is 1. The van der Waals surface area contributed by atoms with Crippen LogP contribution in [0.25, 0.3) is 0 Å². The van der Waals surface area contributed by atoms with Crippen molar-refractivity contribution in [1.29, 1.82) is 0 Å². The Labute approximate surface area is 117 Å². The molecule has 1 aromatic rings. The van der Waals surface area contributed by atoms with E-state index in [0.717, 1.165) is 0 Å². The molecular formula is C9H7Br2F3N2O2. The van der Waals surface area contributed by atoms with Gasteiger partial charge < -0.3 is 5.11 Å². The van der Waals surface area contributed by atoms with Gasteiger partial charge in [0.15, 0.2) is 0 Å². The summed E-state index contributed by atoms with van der Waals surface area (Å²) in [4.78, 5) is 14.7. The molecule has 1 atom stereocenters. The summed E-state index contributed by atoms with van der Waals surface area (Å²) in [6.07, 6.45) is -3.18. The Morgan fingerprint density at radius 1 is 1.50 bits per heavy atom. The van der Waals surface area contributed by atoms with Gasteiger partial charge in [-0.15, -0.1) is 0 Å². The van der Waals surface area contributed by atoms with Crippen LogP contribution in [0.3, 0.4) is 0 Å². The second kappa shape index (κ2) is 5.98. The fourth-order valence-electron chi connectivity index (χ4n) is 1.16. The first-order valence-corrected chi connectivity index (χ1v) is 6.13. The van der Waals surface area contributed by atoms with Gasteiger partial charge in [-0.1, -0.05) is 0 Å². The molecule has 9 heteroatoms. The first-order valence-electron chi connectivity index (χ1n) is 4.54. The summed E-state index contributed by atoms with van der Waals surface area (Å²) in [5.74, 6) is -1.44. The molecule has 0 aromatic carbocycles. The van der Waals surface area contributed by atoms with Gasteiger partial charge in [0.25, 0.3) is 0 Å². The summed E-state index contributed by atoms with van der Waals surface area (Å²) in [5, 5.41) is 10.8. The molecule has 0 spiro atoms. The van der Waals surface area contributed by atoms with Crippen molar-refractivity contribution in [3.63, 3.8) is 0 Å². The largest absolute Gasteiger partial charge is 0.480 e. The molecule has 2 N–H and O–H groups in total. The molecule has 0 bridgehead atoms. The minimum absolute atomic E-state index is 0.0186. The van der Waals surface area contributed by atoms with Crippen molar-refractivity contribution < 1.29 is 23.1 Å². The van der Waals surface area contributed by atoms with Gasteiger partial charge in [0.05, 0.1) is 12.2 Å². The molecule has 100 valence electrons. The number of carbonyl (C=O) groups is 1. The van der Waals surface area contributed by atoms with Crippen LogP contribution in [0.2, 0.25) is 0 Å². The van der Waals surface area contributed by atoms with Gasteiger partial charge in [-0.3, -0.25) is 15.1 Å². The maximum atomic E-state index is 12.1. The summed E-state index contributed by atoms with van der Waals surface area (Å²) >= 11 is 6.17. The van der Waals surface area contributed by atoms with Crippen LogP contribution in [-0.2, 0) is 4.79 Å². The van der Waals surface area contributed by atoms with Gasteiger partial charge >= 0.3 is 12.1 Å². The molecule has 1 aromatic heterocycles. The van der Waals surface area contributed by atoms with E-state index >= 15 is 0 Å². The number of carboxylic acid groups (broad SMARTS) is 1. The van der Waals surface area contributed by atoms with Crippen molar-refractivity contribution in [3.8, 4) is 0 Å². The van der Waals surface area contributed by atoms with Crippen molar-refractivity contribution in [2.24, 2.45) is 0 Å². The molecule has 0 radical (unpaired) electrons. The first-order chi connectivity index (χ1) is 8.20. The zero-order valence-corrected chi connectivity index (χ0v) is 11.8. The summed E-state index contributed by atoms with van der Waals surface area (Å²) in [6.45, 7) is -1.41. The topological polar surface area (TPSA) is 62.2 Å². The summed E-state index contributed by atoms with van der Waals surface area (Å²) in [7, 11) is 0. The van der Waals surface area contributed by atoms with E-state index < -0.39 is 24.7 Å². The normalized spacial score (nSPS) is 13.4. The number of rotatable bonds is 4. The standard InChI is InChI=1S/C9H7Br2F3N2O2/c10-4-1-5(11)6(15-2-4)7(8(17)18)16-3-9(12,13)14/h1-2,7,16H,3H2,(H,17,18). The fourth-order valence-corrected chi connectivity index (χ4v) is 2.37. The van der Waals surface area contributed by atoms with Gasteiger partial charge in [-0.05, 0) is 37.9 Å². The Morgan fingerprint density at radius 3 is 2.56 bits per heavy atom. The van der Waals surface area contributed by atoms with Crippen LogP contribution in [0, 0.1) is 0 Å². The quantitative estimate of drug-likeness (QED) is 0.828. The van der Waals surface area contributed by atoms with Crippen LogP contribution in [0.1, 0.15) is 11.7 Å². The van der Waals surface area contributed by atoms with Crippen LogP contribution >= 0.6 is 31.9 Å².